The van der Waals surface area contributed by atoms with E-state index in [1.54, 1.807) is 0 Å². The Hall–Kier alpha value is -3.07. The summed E-state index contributed by atoms with van der Waals surface area (Å²) in [7, 11) is 1.42. The van der Waals surface area contributed by atoms with Crippen molar-refractivity contribution in [3.05, 3.63) is 96.6 Å². The number of ether oxygens (including phenoxy) is 1. The smallest absolute Gasteiger partial charge is 0.333 e. The van der Waals surface area contributed by atoms with Gasteiger partial charge in [0.25, 0.3) is 0 Å². The van der Waals surface area contributed by atoms with Crippen LogP contribution < -0.4 is 4.90 Å². The van der Waals surface area contributed by atoms with Crippen LogP contribution in [0.3, 0.4) is 0 Å². The molecule has 0 heterocycles. The molecular weight excluding hydrogens is 298 g/mol. The minimum Gasteiger partial charge on any atom is -0.467 e. The molecule has 0 radical (unpaired) electrons. The van der Waals surface area contributed by atoms with Crippen LogP contribution >= 0.6 is 0 Å². The van der Waals surface area contributed by atoms with E-state index < -0.39 is 6.04 Å². The Morgan fingerprint density at radius 2 is 1.17 bits per heavy atom. The van der Waals surface area contributed by atoms with Gasteiger partial charge in [-0.3, -0.25) is 0 Å². The van der Waals surface area contributed by atoms with Crippen LogP contribution in [-0.2, 0) is 9.53 Å². The van der Waals surface area contributed by atoms with Crippen molar-refractivity contribution in [3.63, 3.8) is 0 Å². The first-order valence-corrected chi connectivity index (χ1v) is 7.83. The summed E-state index contributed by atoms with van der Waals surface area (Å²) < 4.78 is 5.11. The molecule has 3 rings (SSSR count). The summed E-state index contributed by atoms with van der Waals surface area (Å²) >= 11 is 0. The number of methoxy groups -OCH3 is 1. The van der Waals surface area contributed by atoms with Crippen molar-refractivity contribution in [2.24, 2.45) is 0 Å². The first kappa shape index (κ1) is 15.8. The molecule has 0 aromatic heterocycles. The standard InChI is InChI=1S/C21H19NO2/c1-24-21(23)20(17-11-5-2-6-12-17)22(18-13-7-3-8-14-18)19-15-9-4-10-16-19/h2-16,20H,1H3. The third-order valence-corrected chi connectivity index (χ3v) is 3.87. The van der Waals surface area contributed by atoms with Gasteiger partial charge in [-0.15, -0.1) is 0 Å². The zero-order chi connectivity index (χ0) is 16.8. The van der Waals surface area contributed by atoms with Crippen molar-refractivity contribution in [1.82, 2.24) is 0 Å². The first-order valence-electron chi connectivity index (χ1n) is 7.83. The van der Waals surface area contributed by atoms with Gasteiger partial charge in [-0.1, -0.05) is 66.7 Å². The van der Waals surface area contributed by atoms with Crippen LogP contribution in [0.25, 0.3) is 0 Å². The average Bonchev–Trinajstić information content (AvgIpc) is 2.67. The summed E-state index contributed by atoms with van der Waals surface area (Å²) in [6.07, 6.45) is 0. The van der Waals surface area contributed by atoms with Crippen molar-refractivity contribution >= 4 is 17.3 Å². The second-order valence-corrected chi connectivity index (χ2v) is 5.38. The number of benzene rings is 3. The molecule has 120 valence electrons. The number of hydrogen-bond donors (Lipinski definition) is 0. The van der Waals surface area contributed by atoms with Crippen LogP contribution in [0.15, 0.2) is 91.0 Å². The van der Waals surface area contributed by atoms with Gasteiger partial charge in [-0.05, 0) is 29.8 Å². The van der Waals surface area contributed by atoms with E-state index in [-0.39, 0.29) is 5.97 Å². The SMILES string of the molecule is COC(=O)C(c1ccccc1)N(c1ccccc1)c1ccccc1. The van der Waals surface area contributed by atoms with Crippen molar-refractivity contribution < 1.29 is 9.53 Å². The minimum atomic E-state index is -0.555. The monoisotopic (exact) mass is 317 g/mol. The predicted molar refractivity (Wildman–Crippen MR) is 96.2 cm³/mol. The lowest BCUT2D eigenvalue weighted by molar-refractivity contribution is -0.142. The molecule has 0 aliphatic carbocycles. The molecule has 0 N–H and O–H groups in total. The first-order chi connectivity index (χ1) is 11.8. The van der Waals surface area contributed by atoms with Crippen molar-refractivity contribution in [2.75, 3.05) is 12.0 Å². The van der Waals surface area contributed by atoms with Crippen LogP contribution in [0, 0.1) is 0 Å². The Labute approximate surface area is 142 Å². The van der Waals surface area contributed by atoms with Gasteiger partial charge in [0.05, 0.1) is 7.11 Å². The molecular formula is C21H19NO2. The van der Waals surface area contributed by atoms with E-state index >= 15 is 0 Å². The normalized spacial score (nSPS) is 11.5. The Morgan fingerprint density at radius 1 is 0.750 bits per heavy atom. The lowest BCUT2D eigenvalue weighted by Crippen LogP contribution is -2.31. The summed E-state index contributed by atoms with van der Waals surface area (Å²) in [6, 6.07) is 28.9. The number of esters is 1. The quantitative estimate of drug-likeness (QED) is 0.637. The molecule has 3 nitrogen and oxygen atoms in total. The number of anilines is 2. The van der Waals surface area contributed by atoms with E-state index in [2.05, 4.69) is 0 Å². The molecule has 0 saturated heterocycles. The molecule has 1 atom stereocenters. The lowest BCUT2D eigenvalue weighted by Gasteiger charge is -2.32. The highest BCUT2D eigenvalue weighted by Crippen LogP contribution is 2.35. The lowest BCUT2D eigenvalue weighted by atomic mass is 10.0. The molecule has 24 heavy (non-hydrogen) atoms. The molecule has 0 fully saturated rings. The highest BCUT2D eigenvalue weighted by molar-refractivity contribution is 5.85. The summed E-state index contributed by atoms with van der Waals surface area (Å²) in [5, 5.41) is 0. The zero-order valence-corrected chi connectivity index (χ0v) is 13.5. The fourth-order valence-corrected chi connectivity index (χ4v) is 2.76. The number of para-hydroxylation sites is 2. The summed E-state index contributed by atoms with van der Waals surface area (Å²) in [6.45, 7) is 0. The molecule has 3 heteroatoms. The second-order valence-electron chi connectivity index (χ2n) is 5.38. The molecule has 0 saturated carbocycles. The largest absolute Gasteiger partial charge is 0.467 e. The fraction of sp³-hybridized carbons (Fsp3) is 0.0952. The van der Waals surface area contributed by atoms with E-state index in [1.807, 2.05) is 95.9 Å². The summed E-state index contributed by atoms with van der Waals surface area (Å²) in [5.41, 5.74) is 2.75. The van der Waals surface area contributed by atoms with Gasteiger partial charge >= 0.3 is 5.97 Å². The van der Waals surface area contributed by atoms with E-state index in [1.165, 1.54) is 7.11 Å². The van der Waals surface area contributed by atoms with Gasteiger partial charge in [-0.25, -0.2) is 4.79 Å². The number of carbonyl (C=O) groups excluding carboxylic acids is 1. The molecule has 0 amide bonds. The van der Waals surface area contributed by atoms with Crippen LogP contribution in [0.5, 0.6) is 0 Å². The van der Waals surface area contributed by atoms with Crippen molar-refractivity contribution in [2.45, 2.75) is 6.04 Å². The van der Waals surface area contributed by atoms with Crippen LogP contribution in [0.4, 0.5) is 11.4 Å². The Bertz CT molecular complexity index is 733. The number of hydrogen-bond acceptors (Lipinski definition) is 3. The van der Waals surface area contributed by atoms with Gasteiger partial charge in [0.15, 0.2) is 6.04 Å². The number of rotatable bonds is 5. The van der Waals surface area contributed by atoms with Crippen LogP contribution in [0.2, 0.25) is 0 Å². The fourth-order valence-electron chi connectivity index (χ4n) is 2.76. The molecule has 3 aromatic carbocycles. The zero-order valence-electron chi connectivity index (χ0n) is 13.5. The van der Waals surface area contributed by atoms with E-state index in [0.717, 1.165) is 16.9 Å². The highest BCUT2D eigenvalue weighted by atomic mass is 16.5. The van der Waals surface area contributed by atoms with Crippen molar-refractivity contribution in [1.29, 1.82) is 0 Å². The number of carbonyl (C=O) groups is 1. The highest BCUT2D eigenvalue weighted by Gasteiger charge is 2.30. The molecule has 0 aliphatic rings. The minimum absolute atomic E-state index is 0.297. The summed E-state index contributed by atoms with van der Waals surface area (Å²) in [5.74, 6) is -0.297. The molecule has 0 spiro atoms. The van der Waals surface area contributed by atoms with E-state index in [9.17, 15) is 4.79 Å². The molecule has 1 unspecified atom stereocenters. The topological polar surface area (TPSA) is 29.5 Å². The van der Waals surface area contributed by atoms with Gasteiger partial charge in [0.2, 0.25) is 0 Å². The van der Waals surface area contributed by atoms with E-state index in [4.69, 9.17) is 4.74 Å². The summed E-state index contributed by atoms with van der Waals surface area (Å²) in [4.78, 5) is 14.6. The Balaban J connectivity index is 2.16. The maximum Gasteiger partial charge on any atom is 0.333 e. The molecule has 3 aromatic rings. The third-order valence-electron chi connectivity index (χ3n) is 3.87. The van der Waals surface area contributed by atoms with Crippen LogP contribution in [-0.4, -0.2) is 13.1 Å². The van der Waals surface area contributed by atoms with E-state index in [0.29, 0.717) is 0 Å². The third kappa shape index (κ3) is 3.30. The van der Waals surface area contributed by atoms with Gasteiger partial charge in [-0.2, -0.15) is 0 Å². The van der Waals surface area contributed by atoms with Gasteiger partial charge < -0.3 is 9.64 Å². The number of nitrogens with zero attached hydrogens (tertiary/aromatic N) is 1. The van der Waals surface area contributed by atoms with Crippen molar-refractivity contribution in [3.8, 4) is 0 Å². The Morgan fingerprint density at radius 3 is 1.58 bits per heavy atom. The Kier molecular flexibility index (Phi) is 4.92. The van der Waals surface area contributed by atoms with Gasteiger partial charge in [0.1, 0.15) is 0 Å². The molecule has 0 aliphatic heterocycles. The predicted octanol–water partition coefficient (Wildman–Crippen LogP) is 4.74. The maximum atomic E-state index is 12.6. The average molecular weight is 317 g/mol. The maximum absolute atomic E-state index is 12.6. The van der Waals surface area contributed by atoms with Gasteiger partial charge in [0, 0.05) is 11.4 Å². The van der Waals surface area contributed by atoms with Crippen LogP contribution in [0.1, 0.15) is 11.6 Å². The molecule has 0 bridgehead atoms. The second kappa shape index (κ2) is 7.47.